The minimum absolute atomic E-state index is 0.234. The molecule has 0 fully saturated rings. The third-order valence-corrected chi connectivity index (χ3v) is 0.981. The Hall–Kier alpha value is -0.830. The van der Waals surface area contributed by atoms with Crippen LogP contribution in [-0.4, -0.2) is 25.3 Å². The maximum Gasteiger partial charge on any atom is 0.330 e. The van der Waals surface area contributed by atoms with Gasteiger partial charge in [-0.1, -0.05) is 6.58 Å². The van der Waals surface area contributed by atoms with Crippen LogP contribution in [0.1, 0.15) is 6.92 Å². The fourth-order valence-electron chi connectivity index (χ4n) is 0.530. The van der Waals surface area contributed by atoms with Crippen LogP contribution in [-0.2, 0) is 14.3 Å². The van der Waals surface area contributed by atoms with E-state index in [1.54, 1.807) is 6.92 Å². The molecule has 0 aliphatic heterocycles. The van der Waals surface area contributed by atoms with Crippen molar-refractivity contribution < 1.29 is 14.3 Å². The van der Waals surface area contributed by atoms with Crippen molar-refractivity contribution in [2.45, 2.75) is 13.0 Å². The second kappa shape index (κ2) is 5.92. The molecule has 0 bridgehead atoms. The number of ether oxygens (including phenoxy) is 2. The lowest BCUT2D eigenvalue weighted by atomic mass is 10.4. The molecule has 0 aromatic carbocycles. The number of esters is 1. The zero-order valence-electron chi connectivity index (χ0n) is 6.71. The highest BCUT2D eigenvalue weighted by molar-refractivity contribution is 5.81. The average molecular weight is 157 g/mol. The Morgan fingerprint density at radius 1 is 1.73 bits per heavy atom. The summed E-state index contributed by atoms with van der Waals surface area (Å²) >= 11 is 0. The molecule has 1 atom stereocenters. The lowest BCUT2D eigenvalue weighted by Gasteiger charge is -2.10. The minimum Gasteiger partial charge on any atom is -0.457 e. The van der Waals surface area contributed by atoms with Gasteiger partial charge in [0.1, 0.15) is 6.10 Å². The van der Waals surface area contributed by atoms with Crippen LogP contribution in [0.4, 0.5) is 0 Å². The van der Waals surface area contributed by atoms with E-state index in [0.717, 1.165) is 6.08 Å². The molecule has 0 N–H and O–H groups in total. The molecule has 63 valence electrons. The summed E-state index contributed by atoms with van der Waals surface area (Å²) in [4.78, 5) is 10.6. The van der Waals surface area contributed by atoms with Crippen molar-refractivity contribution in [3.05, 3.63) is 19.6 Å². The molecular formula is C8H13O3. The van der Waals surface area contributed by atoms with E-state index in [9.17, 15) is 4.79 Å². The first-order valence-corrected chi connectivity index (χ1v) is 3.40. The molecule has 0 saturated carbocycles. The number of rotatable bonds is 5. The fraction of sp³-hybridized carbons (Fsp3) is 0.500. The van der Waals surface area contributed by atoms with Crippen molar-refractivity contribution in [2.24, 2.45) is 0 Å². The summed E-state index contributed by atoms with van der Waals surface area (Å²) < 4.78 is 9.71. The highest BCUT2D eigenvalue weighted by Crippen LogP contribution is 1.92. The van der Waals surface area contributed by atoms with Gasteiger partial charge in [0.15, 0.2) is 0 Å². The summed E-state index contributed by atoms with van der Waals surface area (Å²) in [6.45, 7) is 9.25. The molecule has 0 amide bonds. The number of carbonyl (C=O) groups excluding carboxylic acids is 1. The Labute approximate surface area is 67.0 Å². The number of hydrogen-bond donors (Lipinski definition) is 0. The minimum atomic E-state index is -0.426. The van der Waals surface area contributed by atoms with Gasteiger partial charge in [-0.15, -0.1) is 0 Å². The van der Waals surface area contributed by atoms with Gasteiger partial charge in [0, 0.05) is 12.7 Å². The molecule has 3 heteroatoms. The summed E-state index contributed by atoms with van der Waals surface area (Å²) in [6.07, 6.45) is 0.892. The molecule has 11 heavy (non-hydrogen) atoms. The molecule has 0 saturated heterocycles. The van der Waals surface area contributed by atoms with Crippen LogP contribution in [0.2, 0.25) is 0 Å². The number of carbonyl (C=O) groups is 1. The van der Waals surface area contributed by atoms with E-state index in [-0.39, 0.29) is 6.10 Å². The third-order valence-electron chi connectivity index (χ3n) is 0.981. The van der Waals surface area contributed by atoms with Crippen molar-refractivity contribution in [3.63, 3.8) is 0 Å². The van der Waals surface area contributed by atoms with Gasteiger partial charge in [-0.3, -0.25) is 0 Å². The van der Waals surface area contributed by atoms with Gasteiger partial charge < -0.3 is 9.47 Å². The van der Waals surface area contributed by atoms with E-state index in [4.69, 9.17) is 9.47 Å². The van der Waals surface area contributed by atoms with E-state index in [1.807, 2.05) is 0 Å². The summed E-state index contributed by atoms with van der Waals surface area (Å²) in [5.41, 5.74) is 0. The van der Waals surface area contributed by atoms with Gasteiger partial charge in [0.25, 0.3) is 0 Å². The molecule has 0 aliphatic carbocycles. The summed E-state index contributed by atoms with van der Waals surface area (Å²) in [5.74, 6) is -0.426. The molecule has 0 spiro atoms. The summed E-state index contributed by atoms with van der Waals surface area (Å²) in [5, 5.41) is 0. The second-order valence-corrected chi connectivity index (χ2v) is 2.03. The topological polar surface area (TPSA) is 35.5 Å². The van der Waals surface area contributed by atoms with Crippen LogP contribution in [0.5, 0.6) is 0 Å². The molecule has 1 radical (unpaired) electrons. The predicted octanol–water partition coefficient (Wildman–Crippen LogP) is 0.955. The molecule has 0 rings (SSSR count). The normalized spacial score (nSPS) is 12.2. The first-order valence-electron chi connectivity index (χ1n) is 3.40. The van der Waals surface area contributed by atoms with Crippen LogP contribution in [0.3, 0.4) is 0 Å². The van der Waals surface area contributed by atoms with E-state index in [0.29, 0.717) is 13.2 Å². The lowest BCUT2D eigenvalue weighted by molar-refractivity contribution is -0.144. The average Bonchev–Trinajstić information content (AvgIpc) is 2.00. The van der Waals surface area contributed by atoms with Crippen molar-refractivity contribution >= 4 is 5.97 Å². The van der Waals surface area contributed by atoms with Crippen molar-refractivity contribution in [1.29, 1.82) is 0 Å². The van der Waals surface area contributed by atoms with Gasteiger partial charge >= 0.3 is 5.97 Å². The second-order valence-electron chi connectivity index (χ2n) is 2.03. The number of hydrogen-bond acceptors (Lipinski definition) is 3. The lowest BCUT2D eigenvalue weighted by Crippen LogP contribution is -2.18. The Morgan fingerprint density at radius 2 is 2.36 bits per heavy atom. The third kappa shape index (κ3) is 5.61. The van der Waals surface area contributed by atoms with E-state index < -0.39 is 5.97 Å². The van der Waals surface area contributed by atoms with Gasteiger partial charge in [-0.2, -0.15) is 0 Å². The van der Waals surface area contributed by atoms with Crippen molar-refractivity contribution in [3.8, 4) is 0 Å². The van der Waals surface area contributed by atoms with E-state index in [1.165, 1.54) is 0 Å². The van der Waals surface area contributed by atoms with Gasteiger partial charge in [0.05, 0.1) is 6.61 Å². The van der Waals surface area contributed by atoms with Crippen LogP contribution >= 0.6 is 0 Å². The largest absolute Gasteiger partial charge is 0.457 e. The molecule has 0 aromatic rings. The SMILES string of the molecule is [CH2]COCC(C)OC(=O)C=C. The maximum absolute atomic E-state index is 10.6. The summed E-state index contributed by atoms with van der Waals surface area (Å²) in [6, 6.07) is 0. The van der Waals surface area contributed by atoms with E-state index in [2.05, 4.69) is 13.5 Å². The quantitative estimate of drug-likeness (QED) is 0.440. The monoisotopic (exact) mass is 157 g/mol. The smallest absolute Gasteiger partial charge is 0.330 e. The highest BCUT2D eigenvalue weighted by Gasteiger charge is 2.04. The highest BCUT2D eigenvalue weighted by atomic mass is 16.6. The molecular weight excluding hydrogens is 144 g/mol. The Kier molecular flexibility index (Phi) is 5.47. The van der Waals surface area contributed by atoms with Crippen LogP contribution in [0.25, 0.3) is 0 Å². The zero-order chi connectivity index (χ0) is 8.69. The molecule has 1 unspecified atom stereocenters. The van der Waals surface area contributed by atoms with Crippen molar-refractivity contribution in [1.82, 2.24) is 0 Å². The zero-order valence-corrected chi connectivity index (χ0v) is 6.71. The van der Waals surface area contributed by atoms with Crippen LogP contribution in [0, 0.1) is 6.92 Å². The van der Waals surface area contributed by atoms with Crippen molar-refractivity contribution in [2.75, 3.05) is 13.2 Å². The standard InChI is InChI=1S/C8H13O3/c1-4-8(9)11-7(3)6-10-5-2/h4,7H,1-2,5-6H2,3H3. The first kappa shape index (κ1) is 10.2. The van der Waals surface area contributed by atoms with Gasteiger partial charge in [0.2, 0.25) is 0 Å². The Balaban J connectivity index is 3.43. The predicted molar refractivity (Wildman–Crippen MR) is 41.9 cm³/mol. The molecule has 3 nitrogen and oxygen atoms in total. The fourth-order valence-corrected chi connectivity index (χ4v) is 0.530. The van der Waals surface area contributed by atoms with Gasteiger partial charge in [-0.05, 0) is 13.8 Å². The Morgan fingerprint density at radius 3 is 2.82 bits per heavy atom. The molecule has 0 aliphatic rings. The maximum atomic E-state index is 10.6. The molecule has 0 heterocycles. The van der Waals surface area contributed by atoms with Crippen LogP contribution < -0.4 is 0 Å². The first-order chi connectivity index (χ1) is 5.20. The van der Waals surface area contributed by atoms with Gasteiger partial charge in [-0.25, -0.2) is 4.79 Å². The molecule has 0 aromatic heterocycles. The summed E-state index contributed by atoms with van der Waals surface area (Å²) in [7, 11) is 0. The van der Waals surface area contributed by atoms with Crippen LogP contribution in [0.15, 0.2) is 12.7 Å². The Bertz CT molecular complexity index is 131. The van der Waals surface area contributed by atoms with E-state index >= 15 is 0 Å².